The highest BCUT2D eigenvalue weighted by molar-refractivity contribution is 6.30. The third-order valence-corrected chi connectivity index (χ3v) is 3.78. The van der Waals surface area contributed by atoms with Crippen molar-refractivity contribution in [2.24, 2.45) is 0 Å². The average Bonchev–Trinajstić information content (AvgIpc) is 3.23. The molecule has 2 rings (SSSR count). The minimum atomic E-state index is 0.516. The van der Waals surface area contributed by atoms with Crippen LogP contribution in [0.2, 0.25) is 5.15 Å². The first-order valence-electron chi connectivity index (χ1n) is 7.04. The van der Waals surface area contributed by atoms with E-state index < -0.39 is 0 Å². The second-order valence-corrected chi connectivity index (χ2v) is 5.23. The van der Waals surface area contributed by atoms with Gasteiger partial charge in [0.2, 0.25) is 0 Å². The van der Waals surface area contributed by atoms with Crippen LogP contribution in [0.4, 0.5) is 5.82 Å². The van der Waals surface area contributed by atoms with Crippen molar-refractivity contribution in [2.75, 3.05) is 31.2 Å². The van der Waals surface area contributed by atoms with Gasteiger partial charge in [0, 0.05) is 31.2 Å². The molecule has 1 aliphatic rings. The van der Waals surface area contributed by atoms with Gasteiger partial charge in [-0.15, -0.1) is 0 Å². The van der Waals surface area contributed by atoms with Gasteiger partial charge in [-0.25, -0.2) is 9.97 Å². The minimum Gasteiger partial charge on any atom is -0.380 e. The Morgan fingerprint density at radius 3 is 2.63 bits per heavy atom. The number of hydrogen-bond acceptors (Lipinski definition) is 4. The summed E-state index contributed by atoms with van der Waals surface area (Å²) in [6.45, 7) is 9.30. The first-order chi connectivity index (χ1) is 9.17. The predicted molar refractivity (Wildman–Crippen MR) is 78.1 cm³/mol. The second kappa shape index (κ2) is 6.53. The summed E-state index contributed by atoms with van der Waals surface area (Å²) in [6.07, 6.45) is 2.37. The van der Waals surface area contributed by atoms with Crippen molar-refractivity contribution in [3.63, 3.8) is 0 Å². The lowest BCUT2D eigenvalue weighted by molar-refractivity contribution is 0.154. The summed E-state index contributed by atoms with van der Waals surface area (Å²) in [7, 11) is 0. The number of rotatable bonds is 7. The van der Waals surface area contributed by atoms with Gasteiger partial charge in [0.1, 0.15) is 16.8 Å². The molecule has 0 saturated heterocycles. The Balaban J connectivity index is 2.19. The van der Waals surface area contributed by atoms with E-state index in [0.29, 0.717) is 17.7 Å². The third kappa shape index (κ3) is 3.57. The molecule has 1 aromatic heterocycles. The summed E-state index contributed by atoms with van der Waals surface area (Å²) in [6, 6.07) is 0. The summed E-state index contributed by atoms with van der Waals surface area (Å²) < 4.78 is 5.43. The van der Waals surface area contributed by atoms with Crippen LogP contribution in [0.1, 0.15) is 44.0 Å². The standard InChI is InChI=1S/C14H22ClN3O/c1-4-18(8-9-19-5-2)14-10(3)12(15)16-13(17-14)11-6-7-11/h11H,4-9H2,1-3H3. The van der Waals surface area contributed by atoms with Gasteiger partial charge in [0.15, 0.2) is 0 Å². The lowest BCUT2D eigenvalue weighted by atomic mass is 10.3. The zero-order valence-electron chi connectivity index (χ0n) is 11.9. The Bertz CT molecular complexity index is 435. The van der Waals surface area contributed by atoms with Gasteiger partial charge in [-0.2, -0.15) is 0 Å². The zero-order chi connectivity index (χ0) is 13.8. The van der Waals surface area contributed by atoms with Crippen LogP contribution in [-0.2, 0) is 4.74 Å². The van der Waals surface area contributed by atoms with Crippen LogP contribution < -0.4 is 4.90 Å². The average molecular weight is 284 g/mol. The van der Waals surface area contributed by atoms with E-state index in [2.05, 4.69) is 16.8 Å². The fourth-order valence-electron chi connectivity index (χ4n) is 2.06. The Kier molecular flexibility index (Phi) is 4.99. The SMILES string of the molecule is CCOCCN(CC)c1nc(C2CC2)nc(Cl)c1C. The maximum Gasteiger partial charge on any atom is 0.137 e. The first-order valence-corrected chi connectivity index (χ1v) is 7.41. The molecule has 0 amide bonds. The van der Waals surface area contributed by atoms with E-state index in [4.69, 9.17) is 21.3 Å². The maximum absolute atomic E-state index is 6.24. The molecule has 1 fully saturated rings. The number of halogens is 1. The largest absolute Gasteiger partial charge is 0.380 e. The van der Waals surface area contributed by atoms with Gasteiger partial charge in [-0.05, 0) is 33.6 Å². The molecular formula is C14H22ClN3O. The van der Waals surface area contributed by atoms with Gasteiger partial charge in [0.05, 0.1) is 6.61 Å². The van der Waals surface area contributed by atoms with Crippen molar-refractivity contribution >= 4 is 17.4 Å². The lowest BCUT2D eigenvalue weighted by Gasteiger charge is -2.24. The Morgan fingerprint density at radius 1 is 1.32 bits per heavy atom. The topological polar surface area (TPSA) is 38.2 Å². The molecule has 0 atom stereocenters. The number of hydrogen-bond donors (Lipinski definition) is 0. The molecule has 19 heavy (non-hydrogen) atoms. The summed E-state index contributed by atoms with van der Waals surface area (Å²) in [5.74, 6) is 2.38. The van der Waals surface area contributed by atoms with Crippen LogP contribution in [0.25, 0.3) is 0 Å². The fourth-order valence-corrected chi connectivity index (χ4v) is 2.23. The van der Waals surface area contributed by atoms with Crippen molar-refractivity contribution in [3.05, 3.63) is 16.5 Å². The molecule has 1 aliphatic carbocycles. The molecule has 1 heterocycles. The van der Waals surface area contributed by atoms with Gasteiger partial charge in [-0.1, -0.05) is 11.6 Å². The van der Waals surface area contributed by atoms with E-state index in [9.17, 15) is 0 Å². The molecule has 0 unspecified atom stereocenters. The molecule has 1 saturated carbocycles. The number of anilines is 1. The van der Waals surface area contributed by atoms with Crippen molar-refractivity contribution in [1.29, 1.82) is 0 Å². The zero-order valence-corrected chi connectivity index (χ0v) is 12.7. The van der Waals surface area contributed by atoms with Crippen LogP contribution in [-0.4, -0.2) is 36.3 Å². The predicted octanol–water partition coefficient (Wildman–Crippen LogP) is 3.18. The van der Waals surface area contributed by atoms with Crippen LogP contribution in [0.5, 0.6) is 0 Å². The van der Waals surface area contributed by atoms with Crippen LogP contribution in [0.15, 0.2) is 0 Å². The maximum atomic E-state index is 6.24. The molecular weight excluding hydrogens is 262 g/mol. The molecule has 0 bridgehead atoms. The highest BCUT2D eigenvalue weighted by atomic mass is 35.5. The third-order valence-electron chi connectivity index (χ3n) is 3.41. The molecule has 0 N–H and O–H groups in total. The lowest BCUT2D eigenvalue weighted by Crippen LogP contribution is -2.29. The summed E-state index contributed by atoms with van der Waals surface area (Å²) >= 11 is 6.24. The first kappa shape index (κ1) is 14.5. The number of likely N-dealkylation sites (N-methyl/N-ethyl adjacent to an activating group) is 1. The molecule has 106 valence electrons. The van der Waals surface area contributed by atoms with Crippen LogP contribution in [0, 0.1) is 6.92 Å². The number of aromatic nitrogens is 2. The highest BCUT2D eigenvalue weighted by Crippen LogP contribution is 2.39. The summed E-state index contributed by atoms with van der Waals surface area (Å²) in [5, 5.41) is 0.585. The molecule has 0 radical (unpaired) electrons. The van der Waals surface area contributed by atoms with Crippen molar-refractivity contribution < 1.29 is 4.74 Å². The van der Waals surface area contributed by atoms with E-state index in [0.717, 1.165) is 36.9 Å². The normalized spacial score (nSPS) is 14.7. The van der Waals surface area contributed by atoms with Gasteiger partial charge in [0.25, 0.3) is 0 Å². The Hall–Kier alpha value is -0.870. The molecule has 0 aliphatic heterocycles. The molecule has 0 spiro atoms. The molecule has 5 heteroatoms. The molecule has 1 aromatic rings. The second-order valence-electron chi connectivity index (χ2n) is 4.87. The van der Waals surface area contributed by atoms with Gasteiger partial charge >= 0.3 is 0 Å². The van der Waals surface area contributed by atoms with Crippen molar-refractivity contribution in [2.45, 2.75) is 39.5 Å². The fraction of sp³-hybridized carbons (Fsp3) is 0.714. The Morgan fingerprint density at radius 2 is 2.05 bits per heavy atom. The minimum absolute atomic E-state index is 0.516. The number of ether oxygens (including phenoxy) is 1. The van der Waals surface area contributed by atoms with E-state index in [-0.39, 0.29) is 0 Å². The molecule has 4 nitrogen and oxygen atoms in total. The summed E-state index contributed by atoms with van der Waals surface area (Å²) in [4.78, 5) is 11.3. The summed E-state index contributed by atoms with van der Waals surface area (Å²) in [5.41, 5.74) is 0.962. The quantitative estimate of drug-likeness (QED) is 0.569. The molecule has 0 aromatic carbocycles. The van der Waals surface area contributed by atoms with Crippen molar-refractivity contribution in [3.8, 4) is 0 Å². The Labute approximate surface area is 120 Å². The van der Waals surface area contributed by atoms with Crippen LogP contribution in [0.3, 0.4) is 0 Å². The van der Waals surface area contributed by atoms with Crippen LogP contribution >= 0.6 is 11.6 Å². The van der Waals surface area contributed by atoms with Gasteiger partial charge < -0.3 is 9.64 Å². The monoisotopic (exact) mass is 283 g/mol. The van der Waals surface area contributed by atoms with E-state index >= 15 is 0 Å². The van der Waals surface area contributed by atoms with E-state index in [1.54, 1.807) is 0 Å². The number of nitrogens with zero attached hydrogens (tertiary/aromatic N) is 3. The highest BCUT2D eigenvalue weighted by Gasteiger charge is 2.28. The smallest absolute Gasteiger partial charge is 0.137 e. The van der Waals surface area contributed by atoms with Crippen molar-refractivity contribution in [1.82, 2.24) is 9.97 Å². The van der Waals surface area contributed by atoms with Gasteiger partial charge in [-0.3, -0.25) is 0 Å². The van der Waals surface area contributed by atoms with E-state index in [1.165, 1.54) is 12.8 Å². The van der Waals surface area contributed by atoms with E-state index in [1.807, 2.05) is 13.8 Å².